The van der Waals surface area contributed by atoms with E-state index < -0.39 is 20.7 Å². The fraction of sp³-hybridized carbons (Fsp3) is 0.429. The second-order valence-electron chi connectivity index (χ2n) is 4.16. The van der Waals surface area contributed by atoms with E-state index >= 15 is 0 Å². The molecule has 7 heteroatoms. The molecule has 1 rings (SSSR count). The van der Waals surface area contributed by atoms with E-state index in [2.05, 4.69) is 16.6 Å². The van der Waals surface area contributed by atoms with Crippen LogP contribution in [0.25, 0.3) is 0 Å². The Morgan fingerprint density at radius 3 is 2.81 bits per heavy atom. The van der Waals surface area contributed by atoms with E-state index in [1.54, 1.807) is 0 Å². The molecule has 21 heavy (non-hydrogen) atoms. The molecule has 0 aliphatic rings. The Kier molecular flexibility index (Phi) is 7.32. The summed E-state index contributed by atoms with van der Waals surface area (Å²) in [7, 11) is -2.36. The Hall–Kier alpha value is -1.46. The molecule has 0 radical (unpaired) electrons. The highest BCUT2D eigenvalue weighted by atomic mass is 32.2. The first-order chi connectivity index (χ1) is 10.0. The molecule has 2 N–H and O–H groups in total. The lowest BCUT2D eigenvalue weighted by molar-refractivity contribution is 0.196. The molecule has 0 aliphatic heterocycles. The zero-order chi connectivity index (χ0) is 15.7. The topological polar surface area (TPSA) is 75.6 Å². The van der Waals surface area contributed by atoms with Crippen molar-refractivity contribution in [3.05, 3.63) is 29.6 Å². The standard InChI is InChI=1S/C14H18FNO4S/c1-20-10-4-8-16-21(18,19)14-7-6-12(11-13(14)15)5-2-3-9-17/h6-7,11,16-17H,3-4,8-10H2,1H3. The summed E-state index contributed by atoms with van der Waals surface area (Å²) in [5, 5.41) is 8.60. The summed E-state index contributed by atoms with van der Waals surface area (Å²) in [5.74, 6) is 4.43. The van der Waals surface area contributed by atoms with Crippen molar-refractivity contribution >= 4 is 10.0 Å². The Morgan fingerprint density at radius 2 is 2.19 bits per heavy atom. The first-order valence-corrected chi connectivity index (χ1v) is 7.87. The minimum absolute atomic E-state index is 0.0761. The average Bonchev–Trinajstić information content (AvgIpc) is 2.44. The third-order valence-electron chi connectivity index (χ3n) is 2.51. The summed E-state index contributed by atoms with van der Waals surface area (Å²) < 4.78 is 44.8. The van der Waals surface area contributed by atoms with Crippen LogP contribution in [0.15, 0.2) is 23.1 Å². The van der Waals surface area contributed by atoms with Gasteiger partial charge in [-0.05, 0) is 24.6 Å². The summed E-state index contributed by atoms with van der Waals surface area (Å²) in [6.45, 7) is 0.519. The number of aliphatic hydroxyl groups excluding tert-OH is 1. The van der Waals surface area contributed by atoms with Gasteiger partial charge in [0.05, 0.1) is 6.61 Å². The molecule has 0 fully saturated rings. The van der Waals surface area contributed by atoms with E-state index in [1.807, 2.05) is 0 Å². The molecular formula is C14H18FNO4S. The maximum Gasteiger partial charge on any atom is 0.243 e. The van der Waals surface area contributed by atoms with Crippen molar-refractivity contribution in [1.29, 1.82) is 0 Å². The number of benzene rings is 1. The van der Waals surface area contributed by atoms with Gasteiger partial charge in [-0.3, -0.25) is 0 Å². The van der Waals surface area contributed by atoms with Gasteiger partial charge in [0.25, 0.3) is 0 Å². The average molecular weight is 315 g/mol. The molecule has 0 aromatic heterocycles. The van der Waals surface area contributed by atoms with Crippen LogP contribution in [0.3, 0.4) is 0 Å². The van der Waals surface area contributed by atoms with Crippen molar-refractivity contribution in [2.75, 3.05) is 26.9 Å². The summed E-state index contributed by atoms with van der Waals surface area (Å²) in [4.78, 5) is -0.410. The summed E-state index contributed by atoms with van der Waals surface area (Å²) >= 11 is 0. The van der Waals surface area contributed by atoms with Crippen molar-refractivity contribution in [2.45, 2.75) is 17.7 Å². The second-order valence-corrected chi connectivity index (χ2v) is 5.90. The molecule has 0 spiro atoms. The predicted molar refractivity (Wildman–Crippen MR) is 76.7 cm³/mol. The van der Waals surface area contributed by atoms with Crippen LogP contribution < -0.4 is 4.72 Å². The molecule has 0 heterocycles. The number of halogens is 1. The van der Waals surface area contributed by atoms with Crippen LogP contribution in [0, 0.1) is 17.7 Å². The van der Waals surface area contributed by atoms with Gasteiger partial charge in [-0.1, -0.05) is 11.8 Å². The molecule has 1 aromatic carbocycles. The van der Waals surface area contributed by atoms with Gasteiger partial charge >= 0.3 is 0 Å². The lowest BCUT2D eigenvalue weighted by Gasteiger charge is -2.07. The molecule has 0 saturated carbocycles. The number of hydrogen-bond acceptors (Lipinski definition) is 4. The van der Waals surface area contributed by atoms with Gasteiger partial charge in [-0.25, -0.2) is 17.5 Å². The van der Waals surface area contributed by atoms with Crippen LogP contribution in [-0.2, 0) is 14.8 Å². The lowest BCUT2D eigenvalue weighted by atomic mass is 10.2. The van der Waals surface area contributed by atoms with Crippen LogP contribution in [0.4, 0.5) is 4.39 Å². The van der Waals surface area contributed by atoms with E-state index in [1.165, 1.54) is 19.2 Å². The maximum absolute atomic E-state index is 13.9. The number of ether oxygens (including phenoxy) is 1. The molecule has 0 amide bonds. The van der Waals surface area contributed by atoms with Crippen LogP contribution in [0.5, 0.6) is 0 Å². The van der Waals surface area contributed by atoms with Crippen LogP contribution in [0.1, 0.15) is 18.4 Å². The monoisotopic (exact) mass is 315 g/mol. The van der Waals surface area contributed by atoms with Gasteiger partial charge in [0.2, 0.25) is 10.0 Å². The van der Waals surface area contributed by atoms with Crippen LogP contribution >= 0.6 is 0 Å². The maximum atomic E-state index is 13.9. The normalized spacial score (nSPS) is 11.0. The molecular weight excluding hydrogens is 297 g/mol. The summed E-state index contributed by atoms with van der Waals surface area (Å²) in [6.07, 6.45) is 0.783. The lowest BCUT2D eigenvalue weighted by Crippen LogP contribution is -2.26. The quantitative estimate of drug-likeness (QED) is 0.578. The Labute approximate surface area is 124 Å². The summed E-state index contributed by atoms with van der Waals surface area (Å²) in [5.41, 5.74) is 0.360. The van der Waals surface area contributed by atoms with Crippen molar-refractivity contribution < 1.29 is 22.7 Å². The molecule has 0 aliphatic carbocycles. The predicted octanol–water partition coefficient (Wildman–Crippen LogP) is 0.874. The fourth-order valence-electron chi connectivity index (χ4n) is 1.52. The van der Waals surface area contributed by atoms with Crippen molar-refractivity contribution in [1.82, 2.24) is 4.72 Å². The van der Waals surface area contributed by atoms with Gasteiger partial charge in [0.1, 0.15) is 10.7 Å². The number of hydrogen-bond donors (Lipinski definition) is 2. The molecule has 0 unspecified atom stereocenters. The van der Waals surface area contributed by atoms with Gasteiger partial charge in [0.15, 0.2) is 0 Å². The van der Waals surface area contributed by atoms with E-state index in [4.69, 9.17) is 9.84 Å². The number of rotatable bonds is 7. The van der Waals surface area contributed by atoms with Crippen molar-refractivity contribution in [3.63, 3.8) is 0 Å². The second kappa shape index (κ2) is 8.74. The number of sulfonamides is 1. The molecule has 0 bridgehead atoms. The highest BCUT2D eigenvalue weighted by Crippen LogP contribution is 2.15. The first-order valence-electron chi connectivity index (χ1n) is 6.39. The highest BCUT2D eigenvalue weighted by Gasteiger charge is 2.18. The third kappa shape index (κ3) is 5.81. The zero-order valence-electron chi connectivity index (χ0n) is 11.7. The van der Waals surface area contributed by atoms with Crippen molar-refractivity contribution in [3.8, 4) is 11.8 Å². The van der Waals surface area contributed by atoms with Gasteiger partial charge in [-0.2, -0.15) is 0 Å². The number of aliphatic hydroxyl groups is 1. The van der Waals surface area contributed by atoms with E-state index in [9.17, 15) is 12.8 Å². The number of nitrogens with one attached hydrogen (secondary N) is 1. The smallest absolute Gasteiger partial charge is 0.243 e. The Morgan fingerprint density at radius 1 is 1.43 bits per heavy atom. The fourth-order valence-corrected chi connectivity index (χ4v) is 2.65. The van der Waals surface area contributed by atoms with Crippen LogP contribution in [-0.4, -0.2) is 40.4 Å². The van der Waals surface area contributed by atoms with Crippen molar-refractivity contribution in [2.24, 2.45) is 0 Å². The van der Waals surface area contributed by atoms with Gasteiger partial charge < -0.3 is 9.84 Å². The Balaban J connectivity index is 2.82. The molecule has 116 valence electrons. The SMILES string of the molecule is COCCCNS(=O)(=O)c1ccc(C#CCCO)cc1F. The van der Waals surface area contributed by atoms with Crippen LogP contribution in [0.2, 0.25) is 0 Å². The van der Waals surface area contributed by atoms with E-state index in [0.29, 0.717) is 18.6 Å². The van der Waals surface area contributed by atoms with Gasteiger partial charge in [0, 0.05) is 32.2 Å². The number of methoxy groups -OCH3 is 1. The van der Waals surface area contributed by atoms with E-state index in [-0.39, 0.29) is 19.6 Å². The molecule has 0 atom stereocenters. The van der Waals surface area contributed by atoms with Gasteiger partial charge in [-0.15, -0.1) is 0 Å². The Bertz CT molecular complexity index is 620. The first kappa shape index (κ1) is 17.6. The molecule has 0 saturated heterocycles. The minimum Gasteiger partial charge on any atom is -0.395 e. The zero-order valence-corrected chi connectivity index (χ0v) is 12.5. The third-order valence-corrected chi connectivity index (χ3v) is 4.00. The molecule has 5 nitrogen and oxygen atoms in total. The highest BCUT2D eigenvalue weighted by molar-refractivity contribution is 7.89. The minimum atomic E-state index is -3.88. The largest absolute Gasteiger partial charge is 0.395 e. The molecule has 1 aromatic rings. The summed E-state index contributed by atoms with van der Waals surface area (Å²) in [6, 6.07) is 3.67. The van der Waals surface area contributed by atoms with E-state index in [0.717, 1.165) is 6.07 Å².